The van der Waals surface area contributed by atoms with Crippen LogP contribution in [0, 0.1) is 0 Å². The minimum absolute atomic E-state index is 0.111. The molecule has 0 unspecified atom stereocenters. The highest BCUT2D eigenvalue weighted by atomic mass is 35.5. The van der Waals surface area contributed by atoms with E-state index in [2.05, 4.69) is 20.5 Å². The van der Waals surface area contributed by atoms with E-state index in [1.165, 1.54) is 34.4 Å². The molecule has 2 heterocycles. The first kappa shape index (κ1) is 18.3. The van der Waals surface area contributed by atoms with E-state index < -0.39 is 0 Å². The van der Waals surface area contributed by atoms with E-state index in [9.17, 15) is 4.79 Å². The molecule has 1 aromatic carbocycles. The van der Waals surface area contributed by atoms with Gasteiger partial charge in [0.05, 0.1) is 11.4 Å². The first-order chi connectivity index (χ1) is 12.0. The highest BCUT2D eigenvalue weighted by Gasteiger charge is 2.12. The number of nitrogens with zero attached hydrogens (tertiary/aromatic N) is 3. The van der Waals surface area contributed by atoms with Gasteiger partial charge in [0.2, 0.25) is 11.0 Å². The van der Waals surface area contributed by atoms with Crippen molar-refractivity contribution in [1.82, 2.24) is 15.2 Å². The van der Waals surface area contributed by atoms with E-state index >= 15 is 0 Å². The Morgan fingerprint density at radius 1 is 1.28 bits per heavy atom. The zero-order valence-corrected chi connectivity index (χ0v) is 16.7. The van der Waals surface area contributed by atoms with Gasteiger partial charge in [0.25, 0.3) is 0 Å². The summed E-state index contributed by atoms with van der Waals surface area (Å²) in [6.45, 7) is 4.09. The van der Waals surface area contributed by atoms with Crippen molar-refractivity contribution >= 4 is 57.1 Å². The molecule has 25 heavy (non-hydrogen) atoms. The Morgan fingerprint density at radius 2 is 2.04 bits per heavy atom. The predicted octanol–water partition coefficient (Wildman–Crippen LogP) is 5.17. The highest BCUT2D eigenvalue weighted by molar-refractivity contribution is 8.01. The second-order valence-corrected chi connectivity index (χ2v) is 8.97. The summed E-state index contributed by atoms with van der Waals surface area (Å²) in [6.07, 6.45) is 0. The summed E-state index contributed by atoms with van der Waals surface area (Å²) in [7, 11) is 0. The SMILES string of the molecule is CC(C)c1nnc(NC(=O)CSc2nc(-c3ccc(Cl)cc3)cs2)s1. The minimum atomic E-state index is -0.111. The van der Waals surface area contributed by atoms with Gasteiger partial charge >= 0.3 is 0 Å². The molecular weight excluding hydrogens is 396 g/mol. The van der Waals surface area contributed by atoms with Crippen LogP contribution >= 0.6 is 46.0 Å². The maximum absolute atomic E-state index is 12.0. The summed E-state index contributed by atoms with van der Waals surface area (Å²) in [5, 5.41) is 14.9. The Labute approximate surface area is 162 Å². The summed E-state index contributed by atoms with van der Waals surface area (Å²) in [4.78, 5) is 16.6. The molecule has 9 heteroatoms. The average Bonchev–Trinajstić information content (AvgIpc) is 3.23. The van der Waals surface area contributed by atoms with Crippen LogP contribution in [0.1, 0.15) is 24.8 Å². The molecule has 0 saturated carbocycles. The number of nitrogens with one attached hydrogen (secondary N) is 1. The van der Waals surface area contributed by atoms with Crippen molar-refractivity contribution < 1.29 is 4.79 Å². The van der Waals surface area contributed by atoms with Gasteiger partial charge in [-0.3, -0.25) is 10.1 Å². The fourth-order valence-electron chi connectivity index (χ4n) is 1.88. The Morgan fingerprint density at radius 3 is 2.72 bits per heavy atom. The molecule has 130 valence electrons. The van der Waals surface area contributed by atoms with Gasteiger partial charge in [0, 0.05) is 21.9 Å². The van der Waals surface area contributed by atoms with Gasteiger partial charge in [-0.2, -0.15) is 0 Å². The van der Waals surface area contributed by atoms with E-state index in [1.54, 1.807) is 0 Å². The number of carbonyl (C=O) groups is 1. The summed E-state index contributed by atoms with van der Waals surface area (Å²) in [5.74, 6) is 0.475. The Bertz CT molecular complexity index is 860. The van der Waals surface area contributed by atoms with Crippen molar-refractivity contribution in [2.24, 2.45) is 0 Å². The number of benzene rings is 1. The first-order valence-corrected chi connectivity index (χ1v) is 10.5. The maximum atomic E-state index is 12.0. The number of hydrogen-bond acceptors (Lipinski definition) is 7. The highest BCUT2D eigenvalue weighted by Crippen LogP contribution is 2.29. The third kappa shape index (κ3) is 5.01. The molecule has 0 aliphatic heterocycles. The summed E-state index contributed by atoms with van der Waals surface area (Å²) >= 11 is 10.2. The quantitative estimate of drug-likeness (QED) is 0.568. The molecule has 0 fully saturated rings. The van der Waals surface area contributed by atoms with Crippen molar-refractivity contribution in [2.45, 2.75) is 24.1 Å². The monoisotopic (exact) mass is 410 g/mol. The molecule has 5 nitrogen and oxygen atoms in total. The van der Waals surface area contributed by atoms with E-state index in [-0.39, 0.29) is 11.7 Å². The minimum Gasteiger partial charge on any atom is -0.300 e. The average molecular weight is 411 g/mol. The molecule has 0 aliphatic carbocycles. The molecule has 1 N–H and O–H groups in total. The van der Waals surface area contributed by atoms with Gasteiger partial charge in [0.15, 0.2) is 4.34 Å². The Kier molecular flexibility index (Phi) is 6.06. The molecule has 3 aromatic rings. The largest absolute Gasteiger partial charge is 0.300 e. The van der Waals surface area contributed by atoms with Crippen LogP contribution in [0.2, 0.25) is 5.02 Å². The fourth-order valence-corrected chi connectivity index (χ4v) is 4.40. The van der Waals surface area contributed by atoms with Crippen LogP contribution in [0.5, 0.6) is 0 Å². The van der Waals surface area contributed by atoms with E-state index in [0.29, 0.717) is 16.1 Å². The van der Waals surface area contributed by atoms with Crippen molar-refractivity contribution in [3.8, 4) is 11.3 Å². The molecule has 0 spiro atoms. The summed E-state index contributed by atoms with van der Waals surface area (Å²) in [5.41, 5.74) is 1.89. The van der Waals surface area contributed by atoms with E-state index in [0.717, 1.165) is 20.6 Å². The standard InChI is InChI=1S/C16H15ClN4OS3/c1-9(2)14-20-21-15(25-14)19-13(22)8-24-16-18-12(7-23-16)10-3-5-11(17)6-4-10/h3-7,9H,8H2,1-2H3,(H,19,21,22). The van der Waals surface area contributed by atoms with Crippen LogP contribution < -0.4 is 5.32 Å². The predicted molar refractivity (Wildman–Crippen MR) is 106 cm³/mol. The van der Waals surface area contributed by atoms with Crippen LogP contribution in [-0.4, -0.2) is 26.8 Å². The van der Waals surface area contributed by atoms with Crippen molar-refractivity contribution in [2.75, 3.05) is 11.1 Å². The van der Waals surface area contributed by atoms with Gasteiger partial charge in [-0.15, -0.1) is 21.5 Å². The third-order valence-electron chi connectivity index (χ3n) is 3.13. The second-order valence-electron chi connectivity index (χ2n) is 5.44. The van der Waals surface area contributed by atoms with Gasteiger partial charge in [0.1, 0.15) is 5.01 Å². The van der Waals surface area contributed by atoms with Crippen LogP contribution in [-0.2, 0) is 4.79 Å². The Balaban J connectivity index is 1.54. The molecule has 3 rings (SSSR count). The van der Waals surface area contributed by atoms with Crippen LogP contribution in [0.15, 0.2) is 34.0 Å². The zero-order valence-electron chi connectivity index (χ0n) is 13.5. The lowest BCUT2D eigenvalue weighted by molar-refractivity contribution is -0.113. The van der Waals surface area contributed by atoms with Gasteiger partial charge in [-0.05, 0) is 12.1 Å². The van der Waals surface area contributed by atoms with Gasteiger partial charge in [-0.25, -0.2) is 4.98 Å². The first-order valence-electron chi connectivity index (χ1n) is 7.49. The number of amides is 1. The molecule has 0 aliphatic rings. The van der Waals surface area contributed by atoms with Gasteiger partial charge in [-0.1, -0.05) is 60.7 Å². The molecule has 2 aromatic heterocycles. The van der Waals surface area contributed by atoms with Crippen LogP contribution in [0.4, 0.5) is 5.13 Å². The number of thioether (sulfide) groups is 1. The lowest BCUT2D eigenvalue weighted by Gasteiger charge is -1.99. The topological polar surface area (TPSA) is 67.8 Å². The zero-order chi connectivity index (χ0) is 17.8. The third-order valence-corrected chi connectivity index (χ3v) is 6.54. The normalized spacial score (nSPS) is 11.0. The number of rotatable bonds is 6. The summed E-state index contributed by atoms with van der Waals surface area (Å²) in [6, 6.07) is 7.54. The number of halogens is 1. The van der Waals surface area contributed by atoms with E-state index in [1.807, 2.05) is 43.5 Å². The maximum Gasteiger partial charge on any atom is 0.236 e. The fraction of sp³-hybridized carbons (Fsp3) is 0.250. The lowest BCUT2D eigenvalue weighted by Crippen LogP contribution is -2.13. The number of aromatic nitrogens is 3. The van der Waals surface area contributed by atoms with Crippen molar-refractivity contribution in [1.29, 1.82) is 0 Å². The molecule has 0 radical (unpaired) electrons. The number of hydrogen-bond donors (Lipinski definition) is 1. The van der Waals surface area contributed by atoms with Gasteiger partial charge < -0.3 is 0 Å². The second kappa shape index (κ2) is 8.27. The van der Waals surface area contributed by atoms with Crippen molar-refractivity contribution in [3.63, 3.8) is 0 Å². The number of carbonyl (C=O) groups excluding carboxylic acids is 1. The molecule has 1 amide bonds. The Hall–Kier alpha value is -1.48. The van der Waals surface area contributed by atoms with Crippen LogP contribution in [0.3, 0.4) is 0 Å². The molecule has 0 saturated heterocycles. The number of thiazole rings is 1. The smallest absolute Gasteiger partial charge is 0.236 e. The molecular formula is C16H15ClN4OS3. The summed E-state index contributed by atoms with van der Waals surface area (Å²) < 4.78 is 0.847. The molecule has 0 bridgehead atoms. The number of anilines is 1. The lowest BCUT2D eigenvalue weighted by atomic mass is 10.2. The van der Waals surface area contributed by atoms with E-state index in [4.69, 9.17) is 11.6 Å². The molecule has 0 atom stereocenters. The van der Waals surface area contributed by atoms with Crippen molar-refractivity contribution in [3.05, 3.63) is 39.7 Å². The van der Waals surface area contributed by atoms with Crippen LogP contribution in [0.25, 0.3) is 11.3 Å².